The Kier molecular flexibility index (Phi) is 5.07. The number of benzene rings is 1. The number of rotatable bonds is 5. The molecule has 0 N–H and O–H groups in total. The van der Waals surface area contributed by atoms with Crippen molar-refractivity contribution >= 4 is 27.5 Å². The van der Waals surface area contributed by atoms with Gasteiger partial charge in [-0.25, -0.2) is 9.78 Å². The van der Waals surface area contributed by atoms with Crippen LogP contribution in [-0.2, 0) is 15.1 Å². The van der Waals surface area contributed by atoms with Crippen molar-refractivity contribution < 1.29 is 13.9 Å². The summed E-state index contributed by atoms with van der Waals surface area (Å²) in [5, 5.41) is 2.29. The van der Waals surface area contributed by atoms with E-state index in [9.17, 15) is 9.59 Å². The summed E-state index contributed by atoms with van der Waals surface area (Å²) in [6.07, 6.45) is 1.56. The lowest BCUT2D eigenvalue weighted by atomic mass is 10.0. The molecular formula is C23H22N2O4S. The molecule has 0 aliphatic rings. The van der Waals surface area contributed by atoms with E-state index in [1.807, 2.05) is 36.6 Å². The standard InChI is InChI=1S/C23H22N2O4S/c1-5-28-22(27)23(3,4)25-19(15-10-8-14(2)9-11-15)24-20-18(21(25)26)16(13-30-20)17-7-6-12-29-17/h6-13H,5H2,1-4H3. The normalized spacial score (nSPS) is 11.7. The fourth-order valence-corrected chi connectivity index (χ4v) is 4.34. The van der Waals surface area contributed by atoms with Gasteiger partial charge in [0, 0.05) is 16.5 Å². The highest BCUT2D eigenvalue weighted by atomic mass is 32.1. The SMILES string of the molecule is CCOC(=O)C(C)(C)n1c(-c2ccc(C)cc2)nc2scc(-c3ccco3)c2c1=O. The molecule has 0 spiro atoms. The lowest BCUT2D eigenvalue weighted by Crippen LogP contribution is -2.45. The van der Waals surface area contributed by atoms with Crippen LogP contribution in [0.2, 0.25) is 0 Å². The molecule has 3 aromatic heterocycles. The van der Waals surface area contributed by atoms with Crippen molar-refractivity contribution in [3.05, 3.63) is 64.0 Å². The van der Waals surface area contributed by atoms with Gasteiger partial charge in [-0.2, -0.15) is 0 Å². The topological polar surface area (TPSA) is 74.3 Å². The minimum Gasteiger partial charge on any atom is -0.464 e. The molecule has 0 saturated heterocycles. The monoisotopic (exact) mass is 422 g/mol. The van der Waals surface area contributed by atoms with Gasteiger partial charge in [0.05, 0.1) is 18.3 Å². The van der Waals surface area contributed by atoms with Crippen molar-refractivity contribution in [3.63, 3.8) is 0 Å². The Balaban J connectivity index is 2.06. The Hall–Kier alpha value is -3.19. The number of ether oxygens (including phenoxy) is 1. The summed E-state index contributed by atoms with van der Waals surface area (Å²) in [6, 6.07) is 11.3. The van der Waals surface area contributed by atoms with Crippen LogP contribution in [0.15, 0.2) is 57.3 Å². The Morgan fingerprint density at radius 1 is 1.23 bits per heavy atom. The Bertz CT molecular complexity index is 1270. The maximum absolute atomic E-state index is 13.8. The number of furan rings is 1. The fraction of sp³-hybridized carbons (Fsp3) is 0.261. The number of esters is 1. The number of thiophene rings is 1. The van der Waals surface area contributed by atoms with Crippen LogP contribution in [0.1, 0.15) is 26.3 Å². The van der Waals surface area contributed by atoms with Gasteiger partial charge in [-0.15, -0.1) is 11.3 Å². The van der Waals surface area contributed by atoms with Crippen LogP contribution in [0.5, 0.6) is 0 Å². The maximum Gasteiger partial charge on any atom is 0.331 e. The highest BCUT2D eigenvalue weighted by Gasteiger charge is 2.36. The second-order valence-electron chi connectivity index (χ2n) is 7.53. The lowest BCUT2D eigenvalue weighted by Gasteiger charge is -2.27. The summed E-state index contributed by atoms with van der Waals surface area (Å²) in [5.74, 6) is 0.526. The smallest absolute Gasteiger partial charge is 0.331 e. The van der Waals surface area contributed by atoms with Gasteiger partial charge in [0.2, 0.25) is 0 Å². The molecule has 0 atom stereocenters. The number of carbonyl (C=O) groups is 1. The Morgan fingerprint density at radius 3 is 2.60 bits per heavy atom. The van der Waals surface area contributed by atoms with Crippen LogP contribution >= 0.6 is 11.3 Å². The van der Waals surface area contributed by atoms with Crippen LogP contribution in [0.3, 0.4) is 0 Å². The van der Waals surface area contributed by atoms with Crippen molar-refractivity contribution in [3.8, 4) is 22.7 Å². The molecular weight excluding hydrogens is 400 g/mol. The lowest BCUT2D eigenvalue weighted by molar-refractivity contribution is -0.152. The Morgan fingerprint density at radius 2 is 1.97 bits per heavy atom. The second-order valence-corrected chi connectivity index (χ2v) is 8.39. The third-order valence-corrected chi connectivity index (χ3v) is 5.91. The summed E-state index contributed by atoms with van der Waals surface area (Å²) in [4.78, 5) is 32.0. The molecule has 1 aromatic carbocycles. The van der Waals surface area contributed by atoms with E-state index >= 15 is 0 Å². The molecule has 0 aliphatic heterocycles. The first-order valence-corrected chi connectivity index (χ1v) is 10.6. The van der Waals surface area contributed by atoms with Crippen molar-refractivity contribution in [2.45, 2.75) is 33.2 Å². The van der Waals surface area contributed by atoms with Gasteiger partial charge in [-0.3, -0.25) is 9.36 Å². The molecule has 30 heavy (non-hydrogen) atoms. The van der Waals surface area contributed by atoms with E-state index in [-0.39, 0.29) is 12.2 Å². The third kappa shape index (κ3) is 3.25. The number of hydrogen-bond donors (Lipinski definition) is 0. The minimum absolute atomic E-state index is 0.225. The molecule has 6 nitrogen and oxygen atoms in total. The third-order valence-electron chi connectivity index (χ3n) is 5.04. The van der Waals surface area contributed by atoms with E-state index in [2.05, 4.69) is 0 Å². The first kappa shape index (κ1) is 20.1. The zero-order valence-electron chi connectivity index (χ0n) is 17.3. The van der Waals surface area contributed by atoms with E-state index in [0.29, 0.717) is 27.4 Å². The van der Waals surface area contributed by atoms with Crippen molar-refractivity contribution in [2.75, 3.05) is 6.61 Å². The van der Waals surface area contributed by atoms with Crippen molar-refractivity contribution in [1.82, 2.24) is 9.55 Å². The average Bonchev–Trinajstić information content (AvgIpc) is 3.38. The molecule has 0 amide bonds. The van der Waals surface area contributed by atoms with Crippen LogP contribution in [-0.4, -0.2) is 22.1 Å². The van der Waals surface area contributed by atoms with Gasteiger partial charge >= 0.3 is 5.97 Å². The van der Waals surface area contributed by atoms with Gasteiger partial charge in [-0.05, 0) is 39.8 Å². The van der Waals surface area contributed by atoms with Crippen LogP contribution in [0.25, 0.3) is 32.9 Å². The van der Waals surface area contributed by atoms with Gasteiger partial charge in [0.15, 0.2) is 0 Å². The molecule has 0 fully saturated rings. The number of aromatic nitrogens is 2. The molecule has 4 aromatic rings. The molecule has 0 unspecified atom stereocenters. The maximum atomic E-state index is 13.8. The quantitative estimate of drug-likeness (QED) is 0.424. The summed E-state index contributed by atoms with van der Waals surface area (Å²) >= 11 is 1.38. The zero-order valence-corrected chi connectivity index (χ0v) is 18.1. The molecule has 0 saturated carbocycles. The minimum atomic E-state index is -1.25. The fourth-order valence-electron chi connectivity index (χ4n) is 3.42. The first-order valence-electron chi connectivity index (χ1n) is 9.67. The highest BCUT2D eigenvalue weighted by Crippen LogP contribution is 2.34. The molecule has 0 radical (unpaired) electrons. The van der Waals surface area contributed by atoms with Crippen LogP contribution < -0.4 is 5.56 Å². The number of fused-ring (bicyclic) bond motifs is 1. The molecule has 7 heteroatoms. The summed E-state index contributed by atoms with van der Waals surface area (Å²) in [7, 11) is 0. The largest absolute Gasteiger partial charge is 0.464 e. The van der Waals surface area contributed by atoms with E-state index in [1.165, 1.54) is 15.9 Å². The first-order chi connectivity index (χ1) is 14.3. The average molecular weight is 423 g/mol. The molecule has 0 bridgehead atoms. The zero-order chi connectivity index (χ0) is 21.5. The van der Waals surface area contributed by atoms with Gasteiger partial charge in [0.1, 0.15) is 22.0 Å². The molecule has 3 heterocycles. The predicted octanol–water partition coefficient (Wildman–Crippen LogP) is 4.99. The van der Waals surface area contributed by atoms with Gasteiger partial charge < -0.3 is 9.15 Å². The van der Waals surface area contributed by atoms with Crippen LogP contribution in [0, 0.1) is 6.92 Å². The van der Waals surface area contributed by atoms with E-state index in [1.54, 1.807) is 39.2 Å². The van der Waals surface area contributed by atoms with Gasteiger partial charge in [0.25, 0.3) is 5.56 Å². The second kappa shape index (κ2) is 7.57. The predicted molar refractivity (Wildman–Crippen MR) is 118 cm³/mol. The summed E-state index contributed by atoms with van der Waals surface area (Å²) in [5.41, 5.74) is 0.957. The molecule has 154 valence electrons. The highest BCUT2D eigenvalue weighted by molar-refractivity contribution is 7.17. The summed E-state index contributed by atoms with van der Waals surface area (Å²) < 4.78 is 12.2. The number of aryl methyl sites for hydroxylation is 1. The van der Waals surface area contributed by atoms with E-state index in [4.69, 9.17) is 14.1 Å². The Labute approximate surface area is 177 Å². The molecule has 4 rings (SSSR count). The number of nitrogens with zero attached hydrogens (tertiary/aromatic N) is 2. The van der Waals surface area contributed by atoms with Crippen LogP contribution in [0.4, 0.5) is 0 Å². The van der Waals surface area contributed by atoms with Gasteiger partial charge in [-0.1, -0.05) is 29.8 Å². The number of carbonyl (C=O) groups excluding carboxylic acids is 1. The van der Waals surface area contributed by atoms with Crippen molar-refractivity contribution in [2.24, 2.45) is 0 Å². The van der Waals surface area contributed by atoms with Crippen molar-refractivity contribution in [1.29, 1.82) is 0 Å². The summed E-state index contributed by atoms with van der Waals surface area (Å²) in [6.45, 7) is 7.31. The van der Waals surface area contributed by atoms with E-state index in [0.717, 1.165) is 11.1 Å². The number of hydrogen-bond acceptors (Lipinski definition) is 6. The van der Waals surface area contributed by atoms with E-state index < -0.39 is 11.5 Å². The molecule has 0 aliphatic carbocycles.